The van der Waals surface area contributed by atoms with Crippen molar-refractivity contribution in [1.82, 2.24) is 5.32 Å². The number of sulfone groups is 1. The van der Waals surface area contributed by atoms with Crippen molar-refractivity contribution in [3.8, 4) is 0 Å². The average molecular weight is 397 g/mol. The molecule has 3 aromatic carbocycles. The summed E-state index contributed by atoms with van der Waals surface area (Å²) >= 11 is 0. The normalized spacial score (nSPS) is 12.4. The second-order valence-electron chi connectivity index (χ2n) is 6.48. The molecule has 0 spiro atoms. The largest absolute Gasteiger partial charge is 0.350 e. The van der Waals surface area contributed by atoms with Crippen LogP contribution in [0.5, 0.6) is 0 Å². The van der Waals surface area contributed by atoms with Crippen LogP contribution < -0.4 is 5.32 Å². The molecule has 0 radical (unpaired) electrons. The van der Waals surface area contributed by atoms with Crippen LogP contribution in [0.4, 0.5) is 4.39 Å². The van der Waals surface area contributed by atoms with Crippen molar-refractivity contribution in [1.29, 1.82) is 0 Å². The molecule has 3 aromatic rings. The number of nitrogens with one attached hydrogen (secondary N) is 1. The highest BCUT2D eigenvalue weighted by atomic mass is 32.2. The maximum atomic E-state index is 13.2. The Balaban J connectivity index is 1.90. The van der Waals surface area contributed by atoms with Crippen molar-refractivity contribution in [2.45, 2.75) is 17.1 Å². The van der Waals surface area contributed by atoms with Gasteiger partial charge in [0.05, 0.1) is 4.90 Å². The predicted octanol–water partition coefficient (Wildman–Crippen LogP) is 4.08. The SMILES string of the molecule is Cc1cccc(C(=O)NCC(c2ccccc2)S(=O)(=O)c2ccc(F)cc2)c1. The molecule has 0 aliphatic carbocycles. The van der Waals surface area contributed by atoms with Gasteiger partial charge in [0.15, 0.2) is 9.84 Å². The zero-order valence-corrected chi connectivity index (χ0v) is 16.1. The summed E-state index contributed by atoms with van der Waals surface area (Å²) in [5.74, 6) is -0.859. The highest BCUT2D eigenvalue weighted by Gasteiger charge is 2.29. The lowest BCUT2D eigenvalue weighted by atomic mass is 10.1. The predicted molar refractivity (Wildman–Crippen MR) is 106 cm³/mol. The molecule has 1 atom stereocenters. The minimum Gasteiger partial charge on any atom is -0.350 e. The first kappa shape index (κ1) is 19.8. The first-order chi connectivity index (χ1) is 13.4. The molecule has 0 heterocycles. The molecular weight excluding hydrogens is 377 g/mol. The van der Waals surface area contributed by atoms with Gasteiger partial charge in [-0.15, -0.1) is 0 Å². The van der Waals surface area contributed by atoms with Crippen molar-refractivity contribution >= 4 is 15.7 Å². The van der Waals surface area contributed by atoms with Crippen LogP contribution in [0.1, 0.15) is 26.7 Å². The molecule has 1 amide bonds. The van der Waals surface area contributed by atoms with E-state index in [1.54, 1.807) is 48.5 Å². The van der Waals surface area contributed by atoms with E-state index in [0.29, 0.717) is 11.1 Å². The van der Waals surface area contributed by atoms with Gasteiger partial charge in [-0.05, 0) is 48.9 Å². The summed E-state index contributed by atoms with van der Waals surface area (Å²) in [6.45, 7) is 1.78. The van der Waals surface area contributed by atoms with E-state index in [1.807, 2.05) is 13.0 Å². The van der Waals surface area contributed by atoms with Gasteiger partial charge in [-0.1, -0.05) is 48.0 Å². The van der Waals surface area contributed by atoms with E-state index in [2.05, 4.69) is 5.32 Å². The first-order valence-corrected chi connectivity index (χ1v) is 10.3. The van der Waals surface area contributed by atoms with Crippen LogP contribution in [-0.2, 0) is 9.84 Å². The third-order valence-corrected chi connectivity index (χ3v) is 6.53. The lowest BCUT2D eigenvalue weighted by Crippen LogP contribution is -2.32. The molecular formula is C22H20FNO3S. The second kappa shape index (κ2) is 8.35. The van der Waals surface area contributed by atoms with Crippen LogP contribution in [0, 0.1) is 12.7 Å². The second-order valence-corrected chi connectivity index (χ2v) is 8.61. The minimum atomic E-state index is -3.84. The fourth-order valence-corrected chi connectivity index (χ4v) is 4.60. The molecule has 0 aliphatic rings. The third kappa shape index (κ3) is 4.46. The Morgan fingerprint density at radius 2 is 1.64 bits per heavy atom. The van der Waals surface area contributed by atoms with Gasteiger partial charge in [0, 0.05) is 12.1 Å². The smallest absolute Gasteiger partial charge is 0.251 e. The van der Waals surface area contributed by atoms with Crippen LogP contribution in [0.3, 0.4) is 0 Å². The summed E-state index contributed by atoms with van der Waals surface area (Å²) in [4.78, 5) is 12.5. The van der Waals surface area contributed by atoms with E-state index >= 15 is 0 Å². The Hall–Kier alpha value is -2.99. The fourth-order valence-electron chi connectivity index (χ4n) is 2.94. The van der Waals surface area contributed by atoms with Crippen LogP contribution in [0.2, 0.25) is 0 Å². The van der Waals surface area contributed by atoms with E-state index in [-0.39, 0.29) is 17.3 Å². The van der Waals surface area contributed by atoms with E-state index < -0.39 is 20.9 Å². The molecule has 0 aromatic heterocycles. The summed E-state index contributed by atoms with van der Waals surface area (Å²) in [5.41, 5.74) is 1.95. The first-order valence-electron chi connectivity index (χ1n) is 8.77. The van der Waals surface area contributed by atoms with Gasteiger partial charge in [-0.2, -0.15) is 0 Å². The summed E-state index contributed by atoms with van der Waals surface area (Å²) in [7, 11) is -3.84. The van der Waals surface area contributed by atoms with Crippen molar-refractivity contribution < 1.29 is 17.6 Å². The Bertz CT molecular complexity index is 1060. The number of hydrogen-bond acceptors (Lipinski definition) is 3. The van der Waals surface area contributed by atoms with Gasteiger partial charge in [0.2, 0.25) is 0 Å². The molecule has 0 saturated carbocycles. The number of hydrogen-bond donors (Lipinski definition) is 1. The number of carbonyl (C=O) groups is 1. The molecule has 144 valence electrons. The number of aryl methyl sites for hydroxylation is 1. The molecule has 0 aliphatic heterocycles. The van der Waals surface area contributed by atoms with Gasteiger partial charge in [0.25, 0.3) is 5.91 Å². The Kier molecular flexibility index (Phi) is 5.90. The van der Waals surface area contributed by atoms with Gasteiger partial charge in [-0.25, -0.2) is 12.8 Å². The van der Waals surface area contributed by atoms with Crippen molar-refractivity contribution in [2.24, 2.45) is 0 Å². The molecule has 3 rings (SSSR count). The Labute approximate surface area is 164 Å². The number of benzene rings is 3. The van der Waals surface area contributed by atoms with E-state index in [9.17, 15) is 17.6 Å². The number of carbonyl (C=O) groups excluding carboxylic acids is 1. The molecule has 0 saturated heterocycles. The molecule has 1 unspecified atom stereocenters. The molecule has 1 N–H and O–H groups in total. The fraction of sp³-hybridized carbons (Fsp3) is 0.136. The molecule has 4 nitrogen and oxygen atoms in total. The molecule has 0 bridgehead atoms. The van der Waals surface area contributed by atoms with Crippen LogP contribution >= 0.6 is 0 Å². The van der Waals surface area contributed by atoms with E-state index in [1.165, 1.54) is 12.1 Å². The summed E-state index contributed by atoms with van der Waals surface area (Å²) in [6, 6.07) is 20.4. The van der Waals surface area contributed by atoms with E-state index in [0.717, 1.165) is 17.7 Å². The van der Waals surface area contributed by atoms with Crippen molar-refractivity contribution in [2.75, 3.05) is 6.54 Å². The topological polar surface area (TPSA) is 63.2 Å². The number of rotatable bonds is 6. The highest BCUT2D eigenvalue weighted by molar-refractivity contribution is 7.91. The van der Waals surface area contributed by atoms with Gasteiger partial charge in [0.1, 0.15) is 11.1 Å². The third-order valence-electron chi connectivity index (χ3n) is 4.42. The van der Waals surface area contributed by atoms with E-state index in [4.69, 9.17) is 0 Å². The number of amides is 1. The zero-order chi connectivity index (χ0) is 20.1. The lowest BCUT2D eigenvalue weighted by Gasteiger charge is -2.19. The number of halogens is 1. The monoisotopic (exact) mass is 397 g/mol. The van der Waals surface area contributed by atoms with Crippen molar-refractivity contribution in [3.63, 3.8) is 0 Å². The maximum Gasteiger partial charge on any atom is 0.251 e. The quantitative estimate of drug-likeness (QED) is 0.638. The maximum absolute atomic E-state index is 13.2. The highest BCUT2D eigenvalue weighted by Crippen LogP contribution is 2.28. The molecule has 28 heavy (non-hydrogen) atoms. The molecule has 6 heteroatoms. The van der Waals surface area contributed by atoms with Crippen LogP contribution in [-0.4, -0.2) is 20.9 Å². The summed E-state index contributed by atoms with van der Waals surface area (Å²) in [5, 5.41) is 1.73. The average Bonchev–Trinajstić information content (AvgIpc) is 2.69. The minimum absolute atomic E-state index is 0.00700. The van der Waals surface area contributed by atoms with Crippen LogP contribution in [0.25, 0.3) is 0 Å². The van der Waals surface area contributed by atoms with Crippen molar-refractivity contribution in [3.05, 3.63) is 101 Å². The lowest BCUT2D eigenvalue weighted by molar-refractivity contribution is 0.0953. The summed E-state index contributed by atoms with van der Waals surface area (Å²) in [6.07, 6.45) is 0. The van der Waals surface area contributed by atoms with Gasteiger partial charge in [-0.3, -0.25) is 4.79 Å². The van der Waals surface area contributed by atoms with Crippen LogP contribution in [0.15, 0.2) is 83.8 Å². The molecule has 0 fully saturated rings. The standard InChI is InChI=1S/C22H20FNO3S/c1-16-6-5-9-18(14-16)22(25)24-15-21(17-7-3-2-4-8-17)28(26,27)20-12-10-19(23)11-13-20/h2-14,21H,15H2,1H3,(H,24,25). The van der Waals surface area contributed by atoms with Gasteiger partial charge < -0.3 is 5.32 Å². The summed E-state index contributed by atoms with van der Waals surface area (Å²) < 4.78 is 39.6. The zero-order valence-electron chi connectivity index (χ0n) is 15.3. The van der Waals surface area contributed by atoms with Gasteiger partial charge >= 0.3 is 0 Å². The Morgan fingerprint density at radius 1 is 0.964 bits per heavy atom. The Morgan fingerprint density at radius 3 is 2.29 bits per heavy atom.